The molecule has 1 aliphatic rings. The minimum atomic E-state index is -3.84. The molecule has 3 rings (SSSR count). The first-order valence-corrected chi connectivity index (χ1v) is 9.24. The SMILES string of the molecule is Cc1cc(C2CC2)nc(NS(=O)(=O)c2cc(Cl)sc2Cl)n1. The Morgan fingerprint density at radius 3 is 2.57 bits per heavy atom. The minimum absolute atomic E-state index is 0.0581. The van der Waals surface area contributed by atoms with E-state index in [4.69, 9.17) is 23.2 Å². The maximum absolute atomic E-state index is 12.3. The normalized spacial score (nSPS) is 15.2. The largest absolute Gasteiger partial charge is 0.266 e. The van der Waals surface area contributed by atoms with Gasteiger partial charge < -0.3 is 0 Å². The lowest BCUT2D eigenvalue weighted by Crippen LogP contribution is -2.15. The van der Waals surface area contributed by atoms with E-state index in [9.17, 15) is 8.42 Å². The number of aryl methyl sites for hydroxylation is 1. The predicted molar refractivity (Wildman–Crippen MR) is 83.9 cm³/mol. The maximum Gasteiger partial charge on any atom is 0.266 e. The highest BCUT2D eigenvalue weighted by atomic mass is 35.5. The lowest BCUT2D eigenvalue weighted by molar-refractivity contribution is 0.601. The van der Waals surface area contributed by atoms with Crippen LogP contribution in [0.2, 0.25) is 8.67 Å². The van der Waals surface area contributed by atoms with Crippen molar-refractivity contribution in [3.63, 3.8) is 0 Å². The molecular formula is C12H11Cl2N3O2S2. The average molecular weight is 364 g/mol. The third kappa shape index (κ3) is 3.31. The Morgan fingerprint density at radius 2 is 2.00 bits per heavy atom. The summed E-state index contributed by atoms with van der Waals surface area (Å²) in [4.78, 5) is 8.33. The quantitative estimate of drug-likeness (QED) is 0.895. The summed E-state index contributed by atoms with van der Waals surface area (Å²) in [7, 11) is -3.84. The van der Waals surface area contributed by atoms with Crippen molar-refractivity contribution in [3.05, 3.63) is 32.2 Å². The van der Waals surface area contributed by atoms with E-state index >= 15 is 0 Å². The highest BCUT2D eigenvalue weighted by Gasteiger charge is 2.27. The van der Waals surface area contributed by atoms with Crippen LogP contribution in [0.3, 0.4) is 0 Å². The van der Waals surface area contributed by atoms with Gasteiger partial charge in [-0.25, -0.2) is 23.1 Å². The Labute approximate surface area is 136 Å². The average Bonchev–Trinajstić information content (AvgIpc) is 3.13. The van der Waals surface area contributed by atoms with Gasteiger partial charge in [0.1, 0.15) is 9.23 Å². The van der Waals surface area contributed by atoms with Gasteiger partial charge in [-0.05, 0) is 31.9 Å². The lowest BCUT2D eigenvalue weighted by atomic mass is 10.2. The van der Waals surface area contributed by atoms with Crippen molar-refractivity contribution in [2.75, 3.05) is 4.72 Å². The van der Waals surface area contributed by atoms with Crippen LogP contribution in [0.4, 0.5) is 5.95 Å². The van der Waals surface area contributed by atoms with Gasteiger partial charge in [-0.15, -0.1) is 11.3 Å². The number of sulfonamides is 1. The molecule has 9 heteroatoms. The highest BCUT2D eigenvalue weighted by molar-refractivity contribution is 7.93. The van der Waals surface area contributed by atoms with E-state index in [1.165, 1.54) is 6.07 Å². The van der Waals surface area contributed by atoms with Crippen molar-refractivity contribution < 1.29 is 8.42 Å². The number of aromatic nitrogens is 2. The molecule has 2 heterocycles. The molecule has 0 amide bonds. The number of nitrogens with one attached hydrogen (secondary N) is 1. The molecule has 0 saturated heterocycles. The smallest absolute Gasteiger partial charge is 0.247 e. The van der Waals surface area contributed by atoms with E-state index < -0.39 is 10.0 Å². The Bertz CT molecular complexity index is 801. The summed E-state index contributed by atoms with van der Waals surface area (Å²) < 4.78 is 27.4. The fraction of sp³-hybridized carbons (Fsp3) is 0.333. The Hall–Kier alpha value is -0.890. The molecule has 1 N–H and O–H groups in total. The molecule has 0 unspecified atom stereocenters. The second kappa shape index (κ2) is 5.39. The van der Waals surface area contributed by atoms with E-state index in [1.54, 1.807) is 6.92 Å². The van der Waals surface area contributed by atoms with Gasteiger partial charge >= 0.3 is 0 Å². The number of anilines is 1. The van der Waals surface area contributed by atoms with Crippen LogP contribution in [0.15, 0.2) is 17.0 Å². The zero-order valence-electron chi connectivity index (χ0n) is 10.9. The number of halogens is 2. The van der Waals surface area contributed by atoms with E-state index in [1.807, 2.05) is 6.07 Å². The van der Waals surface area contributed by atoms with E-state index in [0.717, 1.165) is 35.6 Å². The van der Waals surface area contributed by atoms with Crippen molar-refractivity contribution in [1.82, 2.24) is 9.97 Å². The van der Waals surface area contributed by atoms with Gasteiger partial charge in [0.2, 0.25) is 5.95 Å². The fourth-order valence-corrected chi connectivity index (χ4v) is 5.00. The number of thiophene rings is 1. The van der Waals surface area contributed by atoms with E-state index in [-0.39, 0.29) is 15.2 Å². The van der Waals surface area contributed by atoms with Crippen molar-refractivity contribution in [2.45, 2.75) is 30.6 Å². The van der Waals surface area contributed by atoms with E-state index in [0.29, 0.717) is 10.3 Å². The highest BCUT2D eigenvalue weighted by Crippen LogP contribution is 2.39. The summed E-state index contributed by atoms with van der Waals surface area (Å²) in [5.41, 5.74) is 1.59. The standard InChI is InChI=1S/C12H11Cl2N3O2S2/c1-6-4-8(7-2-3-7)16-12(15-6)17-21(18,19)9-5-10(13)20-11(9)14/h4-5,7H,2-3H2,1H3,(H,15,16,17). The molecule has 1 fully saturated rings. The van der Waals surface area contributed by atoms with Crippen LogP contribution >= 0.6 is 34.5 Å². The Balaban J connectivity index is 1.93. The fourth-order valence-electron chi connectivity index (χ4n) is 1.91. The summed E-state index contributed by atoms with van der Waals surface area (Å²) >= 11 is 12.7. The molecule has 0 aromatic carbocycles. The number of hydrogen-bond donors (Lipinski definition) is 1. The lowest BCUT2D eigenvalue weighted by Gasteiger charge is -2.08. The van der Waals surface area contributed by atoms with Crippen LogP contribution in [-0.4, -0.2) is 18.4 Å². The van der Waals surface area contributed by atoms with Crippen LogP contribution in [0, 0.1) is 6.92 Å². The second-order valence-corrected chi connectivity index (χ2v) is 8.76. The topological polar surface area (TPSA) is 72.0 Å². The van der Waals surface area contributed by atoms with Gasteiger partial charge in [-0.1, -0.05) is 23.2 Å². The molecule has 0 aliphatic heterocycles. The summed E-state index contributed by atoms with van der Waals surface area (Å²) in [5.74, 6) is 0.476. The van der Waals surface area contributed by atoms with E-state index in [2.05, 4.69) is 14.7 Å². The maximum atomic E-state index is 12.3. The van der Waals surface area contributed by atoms with Gasteiger partial charge in [0, 0.05) is 17.3 Å². The predicted octanol–water partition coefficient (Wildman–Crippen LogP) is 3.83. The molecular weight excluding hydrogens is 353 g/mol. The number of nitrogens with zero attached hydrogens (tertiary/aromatic N) is 2. The molecule has 0 atom stereocenters. The van der Waals surface area contributed by atoms with Crippen molar-refractivity contribution in [3.8, 4) is 0 Å². The van der Waals surface area contributed by atoms with Crippen LogP contribution < -0.4 is 4.72 Å². The van der Waals surface area contributed by atoms with Gasteiger partial charge in [0.05, 0.1) is 4.34 Å². The van der Waals surface area contributed by atoms with Gasteiger partial charge in [-0.3, -0.25) is 0 Å². The molecule has 1 aliphatic carbocycles. The monoisotopic (exact) mass is 363 g/mol. The van der Waals surface area contributed by atoms with Crippen LogP contribution in [-0.2, 0) is 10.0 Å². The first-order valence-electron chi connectivity index (χ1n) is 6.18. The van der Waals surface area contributed by atoms with Crippen molar-refractivity contribution in [2.24, 2.45) is 0 Å². The molecule has 2 aromatic rings. The van der Waals surface area contributed by atoms with Gasteiger partial charge in [0.25, 0.3) is 10.0 Å². The molecule has 5 nitrogen and oxygen atoms in total. The zero-order valence-corrected chi connectivity index (χ0v) is 14.1. The van der Waals surface area contributed by atoms with Crippen LogP contribution in [0.25, 0.3) is 0 Å². The Morgan fingerprint density at radius 1 is 1.29 bits per heavy atom. The zero-order chi connectivity index (χ0) is 15.2. The molecule has 0 radical (unpaired) electrons. The summed E-state index contributed by atoms with van der Waals surface area (Å²) in [5, 5.41) is 0. The first kappa shape index (κ1) is 15.0. The van der Waals surface area contributed by atoms with Crippen molar-refractivity contribution >= 4 is 50.5 Å². The van der Waals surface area contributed by atoms with Crippen LogP contribution in [0.1, 0.15) is 30.1 Å². The third-order valence-corrected chi connectivity index (χ3v) is 6.09. The third-order valence-electron chi connectivity index (χ3n) is 3.01. The molecule has 2 aromatic heterocycles. The summed E-state index contributed by atoms with van der Waals surface area (Å²) in [6.07, 6.45) is 2.16. The molecule has 0 bridgehead atoms. The van der Waals surface area contributed by atoms with Crippen LogP contribution in [0.5, 0.6) is 0 Å². The molecule has 112 valence electrons. The summed E-state index contributed by atoms with van der Waals surface area (Å²) in [6.45, 7) is 1.81. The Kier molecular flexibility index (Phi) is 3.85. The van der Waals surface area contributed by atoms with Gasteiger partial charge in [0.15, 0.2) is 0 Å². The van der Waals surface area contributed by atoms with Gasteiger partial charge in [-0.2, -0.15) is 0 Å². The second-order valence-electron chi connectivity index (χ2n) is 4.83. The van der Waals surface area contributed by atoms with Crippen molar-refractivity contribution in [1.29, 1.82) is 0 Å². The number of rotatable bonds is 4. The minimum Gasteiger partial charge on any atom is -0.247 e. The summed E-state index contributed by atoms with van der Waals surface area (Å²) in [6, 6.07) is 3.19. The number of hydrogen-bond acceptors (Lipinski definition) is 5. The molecule has 1 saturated carbocycles. The first-order chi connectivity index (χ1) is 9.85. The molecule has 21 heavy (non-hydrogen) atoms. The molecule has 0 spiro atoms.